The molecule has 0 radical (unpaired) electrons. The minimum atomic E-state index is 0.141. The maximum absolute atomic E-state index is 12.8. The highest BCUT2D eigenvalue weighted by Gasteiger charge is 2.15. The molecule has 0 amide bonds. The van der Waals surface area contributed by atoms with E-state index in [0.717, 1.165) is 45.9 Å². The van der Waals surface area contributed by atoms with Gasteiger partial charge in [-0.25, -0.2) is 0 Å². The van der Waals surface area contributed by atoms with Crippen molar-refractivity contribution >= 4 is 17.1 Å². The standard InChI is InChI=1S/C22H19N3OS/c26-21(11-5-8-16-7-3-4-13-23-16)18-10-2-1-9-17(18)19-15-20(25-24-19)22-12-6-14-27-22/h1-4,6-7,9-10,12-15H,5,8,11H2,(H,24,25). The van der Waals surface area contributed by atoms with Gasteiger partial charge in [-0.05, 0) is 42.5 Å². The fourth-order valence-corrected chi connectivity index (χ4v) is 3.77. The number of Topliss-reactive ketones (excluding diaryl/α,β-unsaturated/α-hetero) is 1. The second-order valence-electron chi connectivity index (χ2n) is 6.29. The van der Waals surface area contributed by atoms with Gasteiger partial charge in [0.25, 0.3) is 0 Å². The first-order valence-corrected chi connectivity index (χ1v) is 9.81. The van der Waals surface area contributed by atoms with Crippen molar-refractivity contribution in [1.29, 1.82) is 0 Å². The Labute approximate surface area is 161 Å². The molecule has 1 aromatic carbocycles. The molecule has 3 aromatic heterocycles. The molecule has 0 spiro atoms. The molecule has 5 heteroatoms. The summed E-state index contributed by atoms with van der Waals surface area (Å²) >= 11 is 1.66. The molecule has 0 unspecified atom stereocenters. The number of pyridine rings is 1. The van der Waals surface area contributed by atoms with E-state index in [1.54, 1.807) is 17.5 Å². The van der Waals surface area contributed by atoms with Crippen LogP contribution in [-0.2, 0) is 6.42 Å². The van der Waals surface area contributed by atoms with Crippen molar-refractivity contribution in [1.82, 2.24) is 15.2 Å². The molecule has 0 aliphatic rings. The zero-order valence-electron chi connectivity index (χ0n) is 14.8. The molecule has 0 bridgehead atoms. The van der Waals surface area contributed by atoms with Gasteiger partial charge in [0.2, 0.25) is 0 Å². The average molecular weight is 373 g/mol. The Morgan fingerprint density at radius 1 is 1.04 bits per heavy atom. The first-order valence-electron chi connectivity index (χ1n) is 8.93. The topological polar surface area (TPSA) is 58.6 Å². The number of hydrogen-bond donors (Lipinski definition) is 1. The zero-order valence-corrected chi connectivity index (χ0v) is 15.6. The molecule has 0 saturated carbocycles. The van der Waals surface area contributed by atoms with Gasteiger partial charge in [0, 0.05) is 29.4 Å². The van der Waals surface area contributed by atoms with Crippen molar-refractivity contribution in [2.24, 2.45) is 0 Å². The van der Waals surface area contributed by atoms with Gasteiger partial charge in [-0.1, -0.05) is 36.4 Å². The number of ketones is 1. The smallest absolute Gasteiger partial charge is 0.163 e. The lowest BCUT2D eigenvalue weighted by atomic mass is 9.97. The highest BCUT2D eigenvalue weighted by molar-refractivity contribution is 7.13. The van der Waals surface area contributed by atoms with Crippen LogP contribution in [0.2, 0.25) is 0 Å². The van der Waals surface area contributed by atoms with E-state index >= 15 is 0 Å². The summed E-state index contributed by atoms with van der Waals surface area (Å²) in [5.41, 5.74) is 4.39. The zero-order chi connectivity index (χ0) is 18.5. The van der Waals surface area contributed by atoms with E-state index in [9.17, 15) is 4.79 Å². The maximum Gasteiger partial charge on any atom is 0.163 e. The second-order valence-corrected chi connectivity index (χ2v) is 7.24. The summed E-state index contributed by atoms with van der Waals surface area (Å²) in [6.45, 7) is 0. The average Bonchev–Trinajstić information content (AvgIpc) is 3.40. The third-order valence-electron chi connectivity index (χ3n) is 4.43. The van der Waals surface area contributed by atoms with Crippen LogP contribution in [0, 0.1) is 0 Å². The normalized spacial score (nSPS) is 10.8. The van der Waals surface area contributed by atoms with E-state index in [1.807, 2.05) is 60.0 Å². The van der Waals surface area contributed by atoms with E-state index in [4.69, 9.17) is 0 Å². The number of H-pyrrole nitrogens is 1. The van der Waals surface area contributed by atoms with Gasteiger partial charge >= 0.3 is 0 Å². The Morgan fingerprint density at radius 3 is 2.74 bits per heavy atom. The Kier molecular flexibility index (Phi) is 5.21. The van der Waals surface area contributed by atoms with Crippen LogP contribution in [0.3, 0.4) is 0 Å². The van der Waals surface area contributed by atoms with Crippen molar-refractivity contribution in [2.75, 3.05) is 0 Å². The SMILES string of the molecule is O=C(CCCc1ccccn1)c1ccccc1-c1cc(-c2cccs2)[nH]n1. The van der Waals surface area contributed by atoms with Crippen molar-refractivity contribution in [3.63, 3.8) is 0 Å². The predicted molar refractivity (Wildman–Crippen MR) is 109 cm³/mol. The summed E-state index contributed by atoms with van der Waals surface area (Å²) in [7, 11) is 0. The molecule has 4 nitrogen and oxygen atoms in total. The van der Waals surface area contributed by atoms with Gasteiger partial charge in [-0.15, -0.1) is 11.3 Å². The van der Waals surface area contributed by atoms with Crippen LogP contribution in [0.25, 0.3) is 21.8 Å². The van der Waals surface area contributed by atoms with Crippen LogP contribution in [0.15, 0.2) is 72.2 Å². The molecule has 0 aliphatic carbocycles. The highest BCUT2D eigenvalue weighted by Crippen LogP contribution is 2.29. The van der Waals surface area contributed by atoms with Crippen LogP contribution in [-0.4, -0.2) is 21.0 Å². The lowest BCUT2D eigenvalue weighted by Crippen LogP contribution is -2.03. The van der Waals surface area contributed by atoms with E-state index < -0.39 is 0 Å². The molecule has 0 atom stereocenters. The van der Waals surface area contributed by atoms with Gasteiger partial charge in [0.05, 0.1) is 16.3 Å². The Balaban J connectivity index is 1.50. The highest BCUT2D eigenvalue weighted by atomic mass is 32.1. The van der Waals surface area contributed by atoms with Gasteiger partial charge < -0.3 is 0 Å². The number of carbonyl (C=O) groups excluding carboxylic acids is 1. The number of benzene rings is 1. The monoisotopic (exact) mass is 373 g/mol. The molecule has 3 heterocycles. The number of nitrogens with one attached hydrogen (secondary N) is 1. The lowest BCUT2D eigenvalue weighted by molar-refractivity contribution is 0.0980. The van der Waals surface area contributed by atoms with Crippen LogP contribution < -0.4 is 0 Å². The van der Waals surface area contributed by atoms with E-state index in [2.05, 4.69) is 21.2 Å². The Hall–Kier alpha value is -3.05. The first-order chi connectivity index (χ1) is 13.3. The van der Waals surface area contributed by atoms with Crippen molar-refractivity contribution in [3.05, 3.63) is 83.5 Å². The molecule has 27 heavy (non-hydrogen) atoms. The van der Waals surface area contributed by atoms with Crippen molar-refractivity contribution < 1.29 is 4.79 Å². The quantitative estimate of drug-likeness (QED) is 0.441. The van der Waals surface area contributed by atoms with Crippen LogP contribution in [0.1, 0.15) is 28.9 Å². The fourth-order valence-electron chi connectivity index (χ4n) is 3.08. The molecule has 0 fully saturated rings. The van der Waals surface area contributed by atoms with E-state index in [0.29, 0.717) is 6.42 Å². The third-order valence-corrected chi connectivity index (χ3v) is 5.33. The Bertz CT molecular complexity index is 1020. The van der Waals surface area contributed by atoms with Gasteiger partial charge in [-0.2, -0.15) is 5.10 Å². The minimum Gasteiger partial charge on any atom is -0.294 e. The number of rotatable bonds is 7. The molecule has 0 saturated heterocycles. The molecule has 4 rings (SSSR count). The molecule has 134 valence electrons. The molecule has 0 aliphatic heterocycles. The number of aromatic amines is 1. The largest absolute Gasteiger partial charge is 0.294 e. The maximum atomic E-state index is 12.8. The van der Waals surface area contributed by atoms with E-state index in [1.165, 1.54) is 0 Å². The number of thiophene rings is 1. The summed E-state index contributed by atoms with van der Waals surface area (Å²) in [6, 6.07) is 19.6. The van der Waals surface area contributed by atoms with Gasteiger partial charge in [-0.3, -0.25) is 14.9 Å². The number of carbonyl (C=O) groups is 1. The number of hydrogen-bond acceptors (Lipinski definition) is 4. The fraction of sp³-hybridized carbons (Fsp3) is 0.136. The molecule has 1 N–H and O–H groups in total. The summed E-state index contributed by atoms with van der Waals surface area (Å²) in [5.74, 6) is 0.141. The number of nitrogens with zero attached hydrogens (tertiary/aromatic N) is 2. The van der Waals surface area contributed by atoms with Gasteiger partial charge in [0.1, 0.15) is 0 Å². The van der Waals surface area contributed by atoms with E-state index in [-0.39, 0.29) is 5.78 Å². The number of aromatic nitrogens is 3. The Morgan fingerprint density at radius 2 is 1.93 bits per heavy atom. The molecular formula is C22H19N3OS. The first kappa shape index (κ1) is 17.4. The summed E-state index contributed by atoms with van der Waals surface area (Å²) in [5, 5.41) is 9.55. The van der Waals surface area contributed by atoms with Gasteiger partial charge in [0.15, 0.2) is 5.78 Å². The number of aryl methyl sites for hydroxylation is 1. The van der Waals surface area contributed by atoms with Crippen molar-refractivity contribution in [3.8, 4) is 21.8 Å². The molecular weight excluding hydrogens is 354 g/mol. The predicted octanol–water partition coefficient (Wildman–Crippen LogP) is 5.41. The minimum absolute atomic E-state index is 0.141. The van der Waals surface area contributed by atoms with Crippen LogP contribution >= 0.6 is 11.3 Å². The second kappa shape index (κ2) is 8.10. The molecule has 4 aromatic rings. The van der Waals surface area contributed by atoms with Crippen LogP contribution in [0.4, 0.5) is 0 Å². The lowest BCUT2D eigenvalue weighted by Gasteiger charge is -2.06. The summed E-state index contributed by atoms with van der Waals surface area (Å²) < 4.78 is 0. The summed E-state index contributed by atoms with van der Waals surface area (Å²) in [6.07, 6.45) is 3.87. The van der Waals surface area contributed by atoms with Crippen LogP contribution in [0.5, 0.6) is 0 Å². The summed E-state index contributed by atoms with van der Waals surface area (Å²) in [4.78, 5) is 18.3. The van der Waals surface area contributed by atoms with Crippen molar-refractivity contribution in [2.45, 2.75) is 19.3 Å². The third kappa shape index (κ3) is 4.04.